The van der Waals surface area contributed by atoms with Gasteiger partial charge in [0.25, 0.3) is 0 Å². The van der Waals surface area contributed by atoms with Crippen LogP contribution in [0.2, 0.25) is 0 Å². The van der Waals surface area contributed by atoms with Gasteiger partial charge in [0.2, 0.25) is 5.89 Å². The van der Waals surface area contributed by atoms with Gasteiger partial charge in [-0.15, -0.1) is 0 Å². The van der Waals surface area contributed by atoms with E-state index in [4.69, 9.17) is 4.42 Å². The van der Waals surface area contributed by atoms with Crippen LogP contribution < -0.4 is 5.63 Å². The standard InChI is InChI=1S/C14H6Br2FNO2/c15-7-5-9-12(10(16)6-7)18-13(20-14(9)19)8-3-1-2-4-11(8)17/h1-6H. The molecular formula is C14H6Br2FNO2. The van der Waals surface area contributed by atoms with Crippen molar-refractivity contribution in [1.29, 1.82) is 0 Å². The Labute approximate surface area is 129 Å². The van der Waals surface area contributed by atoms with E-state index in [1.807, 2.05) is 0 Å². The summed E-state index contributed by atoms with van der Waals surface area (Å²) in [6, 6.07) is 9.40. The van der Waals surface area contributed by atoms with Gasteiger partial charge in [-0.1, -0.05) is 28.1 Å². The highest BCUT2D eigenvalue weighted by Gasteiger charge is 2.14. The quantitative estimate of drug-likeness (QED) is 0.605. The van der Waals surface area contributed by atoms with E-state index in [2.05, 4.69) is 36.8 Å². The van der Waals surface area contributed by atoms with Crippen molar-refractivity contribution in [2.75, 3.05) is 0 Å². The zero-order chi connectivity index (χ0) is 14.3. The van der Waals surface area contributed by atoms with E-state index in [1.165, 1.54) is 12.1 Å². The van der Waals surface area contributed by atoms with Crippen LogP contribution in [-0.4, -0.2) is 4.98 Å². The maximum Gasteiger partial charge on any atom is 0.347 e. The molecule has 0 saturated heterocycles. The summed E-state index contributed by atoms with van der Waals surface area (Å²) in [6.45, 7) is 0. The molecule has 0 radical (unpaired) electrons. The topological polar surface area (TPSA) is 43.1 Å². The van der Waals surface area contributed by atoms with Crippen LogP contribution in [0.5, 0.6) is 0 Å². The molecule has 3 aromatic rings. The van der Waals surface area contributed by atoms with Gasteiger partial charge < -0.3 is 4.42 Å². The molecule has 0 aliphatic rings. The average Bonchev–Trinajstić information content (AvgIpc) is 2.40. The fraction of sp³-hybridized carbons (Fsp3) is 0. The molecule has 0 unspecified atom stereocenters. The van der Waals surface area contributed by atoms with Gasteiger partial charge in [0, 0.05) is 8.95 Å². The van der Waals surface area contributed by atoms with Crippen molar-refractivity contribution >= 4 is 42.8 Å². The van der Waals surface area contributed by atoms with Gasteiger partial charge in [-0.2, -0.15) is 0 Å². The Morgan fingerprint density at radius 1 is 1.15 bits per heavy atom. The summed E-state index contributed by atoms with van der Waals surface area (Å²) in [5.41, 5.74) is 0.0271. The molecule has 0 fully saturated rings. The van der Waals surface area contributed by atoms with Crippen molar-refractivity contribution in [2.24, 2.45) is 0 Å². The Balaban J connectivity index is 2.36. The summed E-state index contributed by atoms with van der Waals surface area (Å²) in [5.74, 6) is -0.528. The van der Waals surface area contributed by atoms with Gasteiger partial charge in [-0.25, -0.2) is 14.2 Å². The lowest BCUT2D eigenvalue weighted by Crippen LogP contribution is -2.04. The number of rotatable bonds is 1. The smallest absolute Gasteiger partial charge is 0.347 e. The first-order chi connectivity index (χ1) is 9.56. The normalized spacial score (nSPS) is 10.9. The van der Waals surface area contributed by atoms with Crippen LogP contribution in [0.1, 0.15) is 0 Å². The van der Waals surface area contributed by atoms with Crippen molar-refractivity contribution in [3.05, 3.63) is 61.6 Å². The molecule has 0 bridgehead atoms. The van der Waals surface area contributed by atoms with Crippen molar-refractivity contribution in [1.82, 2.24) is 4.98 Å². The predicted molar refractivity (Wildman–Crippen MR) is 81.1 cm³/mol. The lowest BCUT2D eigenvalue weighted by atomic mass is 10.2. The van der Waals surface area contributed by atoms with Gasteiger partial charge in [-0.05, 0) is 40.2 Å². The minimum Gasteiger partial charge on any atom is -0.403 e. The summed E-state index contributed by atoms with van der Waals surface area (Å²) in [6.07, 6.45) is 0. The van der Waals surface area contributed by atoms with Gasteiger partial charge in [0.1, 0.15) is 5.82 Å². The Hall–Kier alpha value is -1.53. The maximum atomic E-state index is 13.8. The van der Waals surface area contributed by atoms with Crippen LogP contribution >= 0.6 is 31.9 Å². The van der Waals surface area contributed by atoms with Crippen LogP contribution in [0.25, 0.3) is 22.4 Å². The number of hydrogen-bond acceptors (Lipinski definition) is 3. The predicted octanol–water partition coefficient (Wildman–Crippen LogP) is 4.52. The summed E-state index contributed by atoms with van der Waals surface area (Å²) < 4.78 is 20.2. The number of hydrogen-bond donors (Lipinski definition) is 0. The molecule has 1 aromatic heterocycles. The third kappa shape index (κ3) is 2.29. The molecule has 3 nitrogen and oxygen atoms in total. The van der Waals surface area contributed by atoms with E-state index in [0.29, 0.717) is 15.4 Å². The molecule has 2 aromatic carbocycles. The van der Waals surface area contributed by atoms with E-state index in [0.717, 1.165) is 4.47 Å². The molecule has 3 rings (SSSR count). The highest BCUT2D eigenvalue weighted by atomic mass is 79.9. The minimum atomic E-state index is -0.560. The van der Waals surface area contributed by atoms with E-state index in [-0.39, 0.29) is 11.5 Å². The Bertz CT molecular complexity index is 877. The molecule has 20 heavy (non-hydrogen) atoms. The summed E-state index contributed by atoms with van der Waals surface area (Å²) in [7, 11) is 0. The Morgan fingerprint density at radius 3 is 2.65 bits per heavy atom. The van der Waals surface area contributed by atoms with E-state index in [9.17, 15) is 9.18 Å². The molecule has 0 aliphatic heterocycles. The molecule has 0 amide bonds. The van der Waals surface area contributed by atoms with Gasteiger partial charge >= 0.3 is 5.63 Å². The fourth-order valence-corrected chi connectivity index (χ4v) is 3.17. The van der Waals surface area contributed by atoms with Crippen LogP contribution in [-0.2, 0) is 0 Å². The SMILES string of the molecule is O=c1oc(-c2ccccc2F)nc2c(Br)cc(Br)cc12. The molecule has 0 saturated carbocycles. The van der Waals surface area contributed by atoms with Crippen molar-refractivity contribution < 1.29 is 8.81 Å². The van der Waals surface area contributed by atoms with Crippen molar-refractivity contribution in [3.8, 4) is 11.5 Å². The first-order valence-electron chi connectivity index (χ1n) is 5.61. The van der Waals surface area contributed by atoms with Crippen molar-refractivity contribution in [3.63, 3.8) is 0 Å². The molecule has 100 valence electrons. The van der Waals surface area contributed by atoms with Crippen LogP contribution in [0.3, 0.4) is 0 Å². The fourth-order valence-electron chi connectivity index (χ4n) is 1.85. The second kappa shape index (κ2) is 5.10. The Kier molecular flexibility index (Phi) is 3.43. The van der Waals surface area contributed by atoms with E-state index in [1.54, 1.807) is 24.3 Å². The maximum absolute atomic E-state index is 13.8. The second-order valence-corrected chi connectivity index (χ2v) is 5.84. The minimum absolute atomic E-state index is 0.0383. The van der Waals surface area contributed by atoms with E-state index < -0.39 is 11.4 Å². The van der Waals surface area contributed by atoms with Crippen LogP contribution in [0.4, 0.5) is 4.39 Å². The number of halogens is 3. The number of fused-ring (bicyclic) bond motifs is 1. The highest BCUT2D eigenvalue weighted by molar-refractivity contribution is 9.11. The molecule has 0 aliphatic carbocycles. The third-order valence-electron chi connectivity index (χ3n) is 2.76. The number of benzene rings is 2. The molecule has 0 spiro atoms. The molecular weight excluding hydrogens is 393 g/mol. The number of aromatic nitrogens is 1. The monoisotopic (exact) mass is 397 g/mol. The third-order valence-corrected chi connectivity index (χ3v) is 3.82. The lowest BCUT2D eigenvalue weighted by molar-refractivity contribution is 0.511. The van der Waals surface area contributed by atoms with E-state index >= 15 is 0 Å². The largest absolute Gasteiger partial charge is 0.403 e. The Morgan fingerprint density at radius 2 is 1.90 bits per heavy atom. The summed E-state index contributed by atoms with van der Waals surface area (Å²) >= 11 is 6.63. The molecule has 6 heteroatoms. The summed E-state index contributed by atoms with van der Waals surface area (Å²) in [5, 5.41) is 0.325. The summed E-state index contributed by atoms with van der Waals surface area (Å²) in [4.78, 5) is 16.3. The average molecular weight is 399 g/mol. The first-order valence-corrected chi connectivity index (χ1v) is 7.19. The zero-order valence-corrected chi connectivity index (χ0v) is 13.0. The lowest BCUT2D eigenvalue weighted by Gasteiger charge is -2.04. The molecule has 1 heterocycles. The van der Waals surface area contributed by atoms with Gasteiger partial charge in [0.15, 0.2) is 0 Å². The van der Waals surface area contributed by atoms with Crippen molar-refractivity contribution in [2.45, 2.75) is 0 Å². The number of nitrogens with zero attached hydrogens (tertiary/aromatic N) is 1. The molecule has 0 N–H and O–H groups in total. The zero-order valence-electron chi connectivity index (χ0n) is 9.86. The highest BCUT2D eigenvalue weighted by Crippen LogP contribution is 2.28. The molecule has 0 atom stereocenters. The van der Waals surface area contributed by atoms with Gasteiger partial charge in [-0.3, -0.25) is 0 Å². The first kappa shape index (κ1) is 13.5. The van der Waals surface area contributed by atoms with Crippen LogP contribution in [0.15, 0.2) is 54.6 Å². The van der Waals surface area contributed by atoms with Crippen LogP contribution in [0, 0.1) is 5.82 Å². The second-order valence-electron chi connectivity index (χ2n) is 4.07. The van der Waals surface area contributed by atoms with Gasteiger partial charge in [0.05, 0.1) is 16.5 Å².